The maximum absolute atomic E-state index is 11.7. The average Bonchev–Trinajstić information content (AvgIpc) is 2.58. The van der Waals surface area contributed by atoms with Crippen LogP contribution in [0.1, 0.15) is 22.3 Å². The number of carboxylic acid groups (broad SMARTS) is 1. The summed E-state index contributed by atoms with van der Waals surface area (Å²) in [7, 11) is 0. The van der Waals surface area contributed by atoms with Crippen molar-refractivity contribution in [3.63, 3.8) is 0 Å². The van der Waals surface area contributed by atoms with Crippen LogP contribution >= 0.6 is 12.6 Å². The Morgan fingerprint density at radius 2 is 2.24 bits per heavy atom. The van der Waals surface area contributed by atoms with E-state index in [0.29, 0.717) is 24.2 Å². The normalized spacial score (nSPS) is 19.8. The maximum atomic E-state index is 11.7. The van der Waals surface area contributed by atoms with E-state index in [1.807, 2.05) is 0 Å². The second-order valence-electron chi connectivity index (χ2n) is 4.17. The molecule has 1 heterocycles. The second-order valence-corrected chi connectivity index (χ2v) is 4.90. The number of aromatic carboxylic acids is 1. The Morgan fingerprint density at radius 3 is 2.76 bits per heavy atom. The van der Waals surface area contributed by atoms with Crippen LogP contribution in [0.4, 0.5) is 5.69 Å². The summed E-state index contributed by atoms with van der Waals surface area (Å²) < 4.78 is 0. The summed E-state index contributed by atoms with van der Waals surface area (Å²) in [5.74, 6) is -0.983. The van der Waals surface area contributed by atoms with Crippen LogP contribution in [0, 0.1) is 6.92 Å². The largest absolute Gasteiger partial charge is 0.478 e. The molecule has 0 bridgehead atoms. The van der Waals surface area contributed by atoms with E-state index in [9.17, 15) is 9.59 Å². The molecule has 1 aliphatic rings. The summed E-state index contributed by atoms with van der Waals surface area (Å²) >= 11 is 4.27. The Morgan fingerprint density at radius 1 is 1.53 bits per heavy atom. The van der Waals surface area contributed by atoms with Gasteiger partial charge in [-0.05, 0) is 24.6 Å². The van der Waals surface area contributed by atoms with Crippen LogP contribution in [0.2, 0.25) is 0 Å². The molecule has 1 unspecified atom stereocenters. The third-order valence-corrected chi connectivity index (χ3v) is 3.21. The van der Waals surface area contributed by atoms with E-state index in [-0.39, 0.29) is 16.7 Å². The van der Waals surface area contributed by atoms with Crippen LogP contribution in [0.25, 0.3) is 0 Å². The molecule has 1 atom stereocenters. The zero-order valence-corrected chi connectivity index (χ0v) is 10.3. The molecule has 5 heteroatoms. The first-order valence-electron chi connectivity index (χ1n) is 5.31. The number of aryl methyl sites for hydroxylation is 1. The number of anilines is 1. The first-order chi connectivity index (χ1) is 7.99. The van der Waals surface area contributed by atoms with Crippen molar-refractivity contribution in [1.29, 1.82) is 0 Å². The van der Waals surface area contributed by atoms with E-state index < -0.39 is 5.97 Å². The first kappa shape index (κ1) is 12.0. The fraction of sp³-hybridized carbons (Fsp3) is 0.333. The van der Waals surface area contributed by atoms with E-state index >= 15 is 0 Å². The fourth-order valence-electron chi connectivity index (χ4n) is 1.95. The van der Waals surface area contributed by atoms with E-state index in [1.54, 1.807) is 30.0 Å². The van der Waals surface area contributed by atoms with Gasteiger partial charge in [-0.25, -0.2) is 4.79 Å². The van der Waals surface area contributed by atoms with Gasteiger partial charge in [-0.15, -0.1) is 0 Å². The molecule has 4 nitrogen and oxygen atoms in total. The maximum Gasteiger partial charge on any atom is 0.336 e. The molecule has 0 spiro atoms. The van der Waals surface area contributed by atoms with Gasteiger partial charge in [0.2, 0.25) is 5.91 Å². The number of carbonyl (C=O) groups is 2. The van der Waals surface area contributed by atoms with E-state index in [0.717, 1.165) is 0 Å². The summed E-state index contributed by atoms with van der Waals surface area (Å²) in [5, 5.41) is 9.06. The summed E-state index contributed by atoms with van der Waals surface area (Å²) in [4.78, 5) is 24.3. The topological polar surface area (TPSA) is 57.6 Å². The molecule has 0 saturated carbocycles. The molecule has 1 aromatic rings. The Balaban J connectivity index is 2.37. The molecule has 2 rings (SSSR count). The molecule has 0 aromatic heterocycles. The number of hydrogen-bond acceptors (Lipinski definition) is 3. The number of thiol groups is 1. The summed E-state index contributed by atoms with van der Waals surface area (Å²) in [6, 6.07) is 5.03. The summed E-state index contributed by atoms with van der Waals surface area (Å²) in [5.41, 5.74) is 1.56. The van der Waals surface area contributed by atoms with Gasteiger partial charge in [0.15, 0.2) is 0 Å². The first-order valence-corrected chi connectivity index (χ1v) is 5.83. The third-order valence-electron chi connectivity index (χ3n) is 2.87. The van der Waals surface area contributed by atoms with Crippen molar-refractivity contribution in [3.8, 4) is 0 Å². The van der Waals surface area contributed by atoms with Gasteiger partial charge in [-0.1, -0.05) is 6.07 Å². The average molecular weight is 251 g/mol. The minimum atomic E-state index is -0.974. The van der Waals surface area contributed by atoms with Crippen molar-refractivity contribution in [2.24, 2.45) is 0 Å². The summed E-state index contributed by atoms with van der Waals surface area (Å²) in [6.07, 6.45) is 0.402. The van der Waals surface area contributed by atoms with Crippen LogP contribution < -0.4 is 4.90 Å². The molecular weight excluding hydrogens is 238 g/mol. The van der Waals surface area contributed by atoms with Crippen molar-refractivity contribution in [3.05, 3.63) is 29.3 Å². The van der Waals surface area contributed by atoms with Gasteiger partial charge in [-0.3, -0.25) is 4.79 Å². The van der Waals surface area contributed by atoms with Crippen molar-refractivity contribution < 1.29 is 14.7 Å². The monoisotopic (exact) mass is 251 g/mol. The third kappa shape index (κ3) is 2.29. The van der Waals surface area contributed by atoms with E-state index in [4.69, 9.17) is 5.11 Å². The van der Waals surface area contributed by atoms with Crippen LogP contribution in [-0.4, -0.2) is 28.8 Å². The number of carbonyl (C=O) groups excluding carboxylic acids is 1. The van der Waals surface area contributed by atoms with E-state index in [1.165, 1.54) is 0 Å². The molecule has 1 fully saturated rings. The number of amides is 1. The minimum absolute atomic E-state index is 0.00908. The fourth-order valence-corrected chi connectivity index (χ4v) is 2.27. The van der Waals surface area contributed by atoms with Crippen LogP contribution in [0.15, 0.2) is 18.2 Å². The highest BCUT2D eigenvalue weighted by molar-refractivity contribution is 7.81. The van der Waals surface area contributed by atoms with Gasteiger partial charge >= 0.3 is 5.97 Å². The number of carboxylic acids is 1. The summed E-state index contributed by atoms with van der Waals surface area (Å²) in [6.45, 7) is 2.27. The number of hydrogen-bond donors (Lipinski definition) is 2. The SMILES string of the molecule is Cc1ccc(N2CC(S)CC2=O)cc1C(=O)O. The van der Waals surface area contributed by atoms with Gasteiger partial charge in [-0.2, -0.15) is 12.6 Å². The smallest absolute Gasteiger partial charge is 0.336 e. The minimum Gasteiger partial charge on any atom is -0.478 e. The Hall–Kier alpha value is -1.49. The lowest BCUT2D eigenvalue weighted by Gasteiger charge is -2.17. The molecular formula is C12H13NO3S. The second kappa shape index (κ2) is 4.41. The van der Waals surface area contributed by atoms with Crippen LogP contribution in [-0.2, 0) is 4.79 Å². The van der Waals surface area contributed by atoms with Gasteiger partial charge in [0.25, 0.3) is 0 Å². The van der Waals surface area contributed by atoms with Crippen molar-refractivity contribution >= 4 is 30.2 Å². The lowest BCUT2D eigenvalue weighted by atomic mass is 10.1. The van der Waals surface area contributed by atoms with Crippen molar-refractivity contribution in [2.45, 2.75) is 18.6 Å². The Bertz CT molecular complexity index is 487. The quantitative estimate of drug-likeness (QED) is 0.787. The lowest BCUT2D eigenvalue weighted by Crippen LogP contribution is -2.24. The highest BCUT2D eigenvalue weighted by atomic mass is 32.1. The van der Waals surface area contributed by atoms with Gasteiger partial charge in [0.1, 0.15) is 0 Å². The number of rotatable bonds is 2. The molecule has 90 valence electrons. The van der Waals surface area contributed by atoms with Gasteiger partial charge in [0, 0.05) is 23.9 Å². The highest BCUT2D eigenvalue weighted by Crippen LogP contribution is 2.26. The predicted molar refractivity (Wildman–Crippen MR) is 67.9 cm³/mol. The molecule has 0 aliphatic carbocycles. The molecule has 1 aromatic carbocycles. The molecule has 1 N–H and O–H groups in total. The standard InChI is InChI=1S/C12H13NO3S/c1-7-2-3-8(4-10(7)12(15)16)13-6-9(17)5-11(13)14/h2-4,9,17H,5-6H2,1H3,(H,15,16). The molecule has 1 amide bonds. The zero-order valence-electron chi connectivity index (χ0n) is 9.38. The van der Waals surface area contributed by atoms with Gasteiger partial charge < -0.3 is 10.0 Å². The number of nitrogens with zero attached hydrogens (tertiary/aromatic N) is 1. The van der Waals surface area contributed by atoms with Crippen molar-refractivity contribution in [1.82, 2.24) is 0 Å². The molecule has 1 saturated heterocycles. The van der Waals surface area contributed by atoms with E-state index in [2.05, 4.69) is 12.6 Å². The van der Waals surface area contributed by atoms with Crippen molar-refractivity contribution in [2.75, 3.05) is 11.4 Å². The Labute approximate surface area is 105 Å². The number of benzene rings is 1. The highest BCUT2D eigenvalue weighted by Gasteiger charge is 2.28. The Kier molecular flexibility index (Phi) is 3.11. The lowest BCUT2D eigenvalue weighted by molar-refractivity contribution is -0.117. The molecule has 1 aliphatic heterocycles. The predicted octanol–water partition coefficient (Wildman–Crippen LogP) is 1.73. The van der Waals surface area contributed by atoms with Crippen LogP contribution in [0.3, 0.4) is 0 Å². The zero-order chi connectivity index (χ0) is 12.6. The molecule has 17 heavy (non-hydrogen) atoms. The molecule has 0 radical (unpaired) electrons. The van der Waals surface area contributed by atoms with Crippen LogP contribution in [0.5, 0.6) is 0 Å². The van der Waals surface area contributed by atoms with Gasteiger partial charge in [0.05, 0.1) is 5.56 Å².